The molecule has 0 saturated heterocycles. The van der Waals surface area contributed by atoms with E-state index in [0.717, 1.165) is 6.42 Å². The van der Waals surface area contributed by atoms with E-state index in [-0.39, 0.29) is 11.4 Å². The molecule has 1 atom stereocenters. The second-order valence-corrected chi connectivity index (χ2v) is 4.84. The van der Waals surface area contributed by atoms with Crippen LogP contribution < -0.4 is 0 Å². The topological polar surface area (TPSA) is 83.3 Å². The summed E-state index contributed by atoms with van der Waals surface area (Å²) < 4.78 is 21.1. The highest BCUT2D eigenvalue weighted by Crippen LogP contribution is 2.22. The maximum Gasteiger partial charge on any atom is 0.272 e. The molecular weight excluding hydrogens is 262 g/mol. The molecule has 17 heavy (non-hydrogen) atoms. The van der Waals surface area contributed by atoms with Crippen LogP contribution in [0.2, 0.25) is 0 Å². The van der Waals surface area contributed by atoms with Crippen LogP contribution in [0, 0.1) is 10.1 Å². The fourth-order valence-corrected chi connectivity index (χ4v) is 2.10. The Morgan fingerprint density at radius 1 is 1.41 bits per heavy atom. The second-order valence-electron chi connectivity index (χ2n) is 3.50. The highest BCUT2D eigenvalue weighted by atomic mass is 32.2. The number of benzene rings is 1. The van der Waals surface area contributed by atoms with E-state index in [1.807, 2.05) is 0 Å². The Kier molecular flexibility index (Phi) is 5.60. The zero-order valence-corrected chi connectivity index (χ0v) is 10.7. The van der Waals surface area contributed by atoms with Gasteiger partial charge < -0.3 is 4.55 Å². The van der Waals surface area contributed by atoms with E-state index in [4.69, 9.17) is 0 Å². The Morgan fingerprint density at radius 2 is 2.12 bits per heavy atom. The summed E-state index contributed by atoms with van der Waals surface area (Å²) in [6, 6.07) is 4.55. The van der Waals surface area contributed by atoms with Crippen molar-refractivity contribution in [3.05, 3.63) is 39.4 Å². The number of hydrogen-bond acceptors (Lipinski definition) is 5. The van der Waals surface area contributed by atoms with E-state index >= 15 is 0 Å². The van der Waals surface area contributed by atoms with Gasteiger partial charge in [0, 0.05) is 17.4 Å². The third kappa shape index (κ3) is 4.45. The van der Waals surface area contributed by atoms with Crippen LogP contribution in [0.4, 0.5) is 5.69 Å². The lowest BCUT2D eigenvalue weighted by Gasteiger charge is -2.07. The Hall–Kier alpha value is -0.920. The molecule has 0 fully saturated rings. The van der Waals surface area contributed by atoms with Gasteiger partial charge in [-0.05, 0) is 24.2 Å². The number of aryl methyl sites for hydroxylation is 1. The van der Waals surface area contributed by atoms with Crippen LogP contribution in [0.5, 0.6) is 0 Å². The first kappa shape index (κ1) is 14.1. The Balaban J connectivity index is 2.99. The van der Waals surface area contributed by atoms with Crippen LogP contribution in [0.3, 0.4) is 0 Å². The predicted molar refractivity (Wildman–Crippen MR) is 67.9 cm³/mol. The van der Waals surface area contributed by atoms with Crippen molar-refractivity contribution in [2.45, 2.75) is 18.6 Å². The van der Waals surface area contributed by atoms with Crippen molar-refractivity contribution in [2.75, 3.05) is 5.75 Å². The fraction of sp³-hybridized carbons (Fsp3) is 0.400. The predicted octanol–water partition coefficient (Wildman–Crippen LogP) is 1.84. The average molecular weight is 274 g/mol. The number of hydrogen-bond donors (Lipinski definition) is 1. The molecule has 0 amide bonds. The first-order chi connectivity index (χ1) is 8.04. The Bertz CT molecular complexity index is 436. The molecule has 1 aromatic rings. The number of nitro groups is 1. The third-order valence-corrected chi connectivity index (χ3v) is 3.12. The maximum atomic E-state index is 10.9. The molecule has 0 aliphatic heterocycles. The summed E-state index contributed by atoms with van der Waals surface area (Å²) in [5, 5.41) is 10.9. The van der Waals surface area contributed by atoms with Gasteiger partial charge in [0.05, 0.1) is 4.92 Å². The molecule has 7 heteroatoms. The molecule has 94 valence electrons. The molecule has 0 aliphatic rings. The minimum atomic E-state index is -2.23. The number of nitro benzene ring substituents is 1. The average Bonchev–Trinajstić information content (AvgIpc) is 2.26. The number of nitrogens with zero attached hydrogens (tertiary/aromatic N) is 1. The van der Waals surface area contributed by atoms with Crippen LogP contribution in [0.1, 0.15) is 17.5 Å². The summed E-state index contributed by atoms with van der Waals surface area (Å²) in [5.41, 5.74) is 1.03. The van der Waals surface area contributed by atoms with E-state index in [1.165, 1.54) is 6.07 Å². The van der Waals surface area contributed by atoms with Crippen molar-refractivity contribution in [2.24, 2.45) is 0 Å². The highest BCUT2D eigenvalue weighted by Gasteiger charge is 2.13. The monoisotopic (exact) mass is 274 g/mol. The Labute approximate surface area is 107 Å². The summed E-state index contributed by atoms with van der Waals surface area (Å²) >= 11 is 1.82. The highest BCUT2D eigenvalue weighted by molar-refractivity contribution is 7.80. The van der Waals surface area contributed by atoms with E-state index in [9.17, 15) is 18.9 Å². The fourth-order valence-electron chi connectivity index (χ4n) is 1.49. The van der Waals surface area contributed by atoms with Crippen molar-refractivity contribution in [1.82, 2.24) is 0 Å². The van der Waals surface area contributed by atoms with Crippen molar-refractivity contribution in [1.29, 1.82) is 0 Å². The minimum Gasteiger partial charge on any atom is -0.772 e. The Morgan fingerprint density at radius 3 is 2.65 bits per heavy atom. The van der Waals surface area contributed by atoms with E-state index < -0.39 is 16.0 Å². The van der Waals surface area contributed by atoms with Gasteiger partial charge in [0.25, 0.3) is 5.69 Å². The quantitative estimate of drug-likeness (QED) is 0.371. The lowest BCUT2D eigenvalue weighted by atomic mass is 10.1. The standard InChI is InChI=1S/C10H13NO4S2/c12-11(13)10-6-8(7-17(14)15)3-4-9(10)2-1-5-16/h3-4,6,16H,1-2,5,7H2,(H,14,15)/p-1. The van der Waals surface area contributed by atoms with Gasteiger partial charge in [0.1, 0.15) is 0 Å². The van der Waals surface area contributed by atoms with Gasteiger partial charge in [0.2, 0.25) is 0 Å². The van der Waals surface area contributed by atoms with Crippen molar-refractivity contribution in [3.8, 4) is 0 Å². The SMILES string of the molecule is O=[N+]([O-])c1cc(CS(=O)[O-])ccc1CCCS. The molecule has 0 radical (unpaired) electrons. The minimum absolute atomic E-state index is 0.0188. The van der Waals surface area contributed by atoms with Gasteiger partial charge in [0.15, 0.2) is 0 Å². The molecule has 5 nitrogen and oxygen atoms in total. The lowest BCUT2D eigenvalue weighted by molar-refractivity contribution is -0.385. The third-order valence-electron chi connectivity index (χ3n) is 2.24. The largest absolute Gasteiger partial charge is 0.772 e. The maximum absolute atomic E-state index is 10.9. The summed E-state index contributed by atoms with van der Waals surface area (Å²) in [5.74, 6) is 0.456. The summed E-state index contributed by atoms with van der Waals surface area (Å²) in [4.78, 5) is 10.4. The van der Waals surface area contributed by atoms with Crippen LogP contribution in [0.25, 0.3) is 0 Å². The number of thiol groups is 1. The van der Waals surface area contributed by atoms with E-state index in [1.54, 1.807) is 12.1 Å². The first-order valence-corrected chi connectivity index (χ1v) is 6.85. The molecule has 1 rings (SSSR count). The molecule has 0 bridgehead atoms. The molecule has 0 aliphatic carbocycles. The summed E-state index contributed by atoms with van der Waals surface area (Å²) in [7, 11) is 0. The van der Waals surface area contributed by atoms with E-state index in [2.05, 4.69) is 12.6 Å². The normalized spacial score (nSPS) is 12.4. The van der Waals surface area contributed by atoms with Gasteiger partial charge in [-0.3, -0.25) is 14.3 Å². The van der Waals surface area contributed by atoms with Crippen molar-refractivity contribution >= 4 is 29.4 Å². The van der Waals surface area contributed by atoms with Gasteiger partial charge in [-0.25, -0.2) is 0 Å². The molecule has 1 aromatic carbocycles. The van der Waals surface area contributed by atoms with Gasteiger partial charge >= 0.3 is 0 Å². The summed E-state index contributed by atoms with van der Waals surface area (Å²) in [6.45, 7) is 0. The van der Waals surface area contributed by atoms with Crippen LogP contribution in [-0.2, 0) is 23.3 Å². The van der Waals surface area contributed by atoms with Gasteiger partial charge in [-0.15, -0.1) is 0 Å². The van der Waals surface area contributed by atoms with Crippen LogP contribution in [-0.4, -0.2) is 19.4 Å². The number of rotatable bonds is 6. The van der Waals surface area contributed by atoms with Crippen LogP contribution in [0.15, 0.2) is 18.2 Å². The molecule has 1 unspecified atom stereocenters. The zero-order valence-electron chi connectivity index (χ0n) is 9.00. The first-order valence-electron chi connectivity index (χ1n) is 4.97. The molecule has 0 heterocycles. The van der Waals surface area contributed by atoms with Gasteiger partial charge in [-0.1, -0.05) is 23.2 Å². The zero-order chi connectivity index (χ0) is 12.8. The second kappa shape index (κ2) is 6.73. The molecule has 0 spiro atoms. The van der Waals surface area contributed by atoms with Crippen molar-refractivity contribution in [3.63, 3.8) is 0 Å². The smallest absolute Gasteiger partial charge is 0.272 e. The molecule has 0 saturated carbocycles. The van der Waals surface area contributed by atoms with Crippen molar-refractivity contribution < 1.29 is 13.7 Å². The summed E-state index contributed by atoms with van der Waals surface area (Å²) in [6.07, 6.45) is 1.32. The van der Waals surface area contributed by atoms with Crippen LogP contribution >= 0.6 is 12.6 Å². The van der Waals surface area contributed by atoms with E-state index in [0.29, 0.717) is 23.3 Å². The van der Waals surface area contributed by atoms with Gasteiger partial charge in [-0.2, -0.15) is 12.6 Å². The molecule has 0 aromatic heterocycles. The molecule has 0 N–H and O–H groups in total. The lowest BCUT2D eigenvalue weighted by Crippen LogP contribution is -2.00. The molecular formula is C10H12NO4S2-.